The number of benzene rings is 2. The number of aldehydes is 1. The fourth-order valence-electron chi connectivity index (χ4n) is 3.55. The first-order valence-electron chi connectivity index (χ1n) is 10.9. The molecule has 2 aromatic heterocycles. The predicted octanol–water partition coefficient (Wildman–Crippen LogP) is 2.66. The summed E-state index contributed by atoms with van der Waals surface area (Å²) in [5.74, 6) is 1.31. The molecule has 35 heavy (non-hydrogen) atoms. The molecular formula is C25H24N6O4. The number of hydrogen-bond acceptors (Lipinski definition) is 8. The number of anilines is 1. The van der Waals surface area contributed by atoms with E-state index >= 15 is 0 Å². The van der Waals surface area contributed by atoms with Gasteiger partial charge in [0.05, 0.1) is 18.0 Å². The standard InChI is InChI=1S/C25H24N6O4/c26-24-22-23(17-8-10-20(11-9-17)35-19-6-2-1-3-7-19)30-31(25(22)29-16-28-24)18(5-4-13-32)15-27-21(34)12-14-33/h1-11,13,16,18,33H,12,14-15H2,(H,27,34)(H2,26,28,29). The van der Waals surface area contributed by atoms with Crippen molar-refractivity contribution in [2.24, 2.45) is 0 Å². The lowest BCUT2D eigenvalue weighted by molar-refractivity contribution is -0.121. The molecule has 10 nitrogen and oxygen atoms in total. The maximum Gasteiger partial charge on any atom is 0.222 e. The third-order valence-corrected chi connectivity index (χ3v) is 5.20. The minimum atomic E-state index is -0.533. The number of aliphatic hydroxyl groups is 1. The second-order valence-corrected chi connectivity index (χ2v) is 7.56. The molecule has 4 rings (SSSR count). The van der Waals surface area contributed by atoms with Crippen molar-refractivity contribution in [3.05, 3.63) is 73.1 Å². The summed E-state index contributed by atoms with van der Waals surface area (Å²) >= 11 is 0. The molecule has 0 radical (unpaired) electrons. The molecule has 4 N–H and O–H groups in total. The van der Waals surface area contributed by atoms with Crippen molar-refractivity contribution in [2.75, 3.05) is 18.9 Å². The zero-order valence-corrected chi connectivity index (χ0v) is 18.7. The SMILES string of the molecule is Nc1ncnc2c1c(-c1ccc(Oc3ccccc3)cc1)nn2C(C=CC=O)CNC(=O)CCO. The second-order valence-electron chi connectivity index (χ2n) is 7.56. The minimum absolute atomic E-state index is 0.0261. The van der Waals surface area contributed by atoms with Gasteiger partial charge in [0.2, 0.25) is 5.91 Å². The summed E-state index contributed by atoms with van der Waals surface area (Å²) in [6.45, 7) is -0.129. The number of aromatic nitrogens is 4. The van der Waals surface area contributed by atoms with E-state index in [4.69, 9.17) is 20.7 Å². The molecule has 4 aromatic rings. The topological polar surface area (TPSA) is 145 Å². The van der Waals surface area contributed by atoms with Crippen LogP contribution in [-0.4, -0.2) is 50.2 Å². The number of allylic oxidation sites excluding steroid dienone is 1. The Morgan fingerprint density at radius 2 is 1.86 bits per heavy atom. The molecule has 0 aliphatic heterocycles. The number of ether oxygens (including phenoxy) is 1. The van der Waals surface area contributed by atoms with E-state index in [0.29, 0.717) is 28.8 Å². The number of nitrogens with one attached hydrogen (secondary N) is 1. The van der Waals surface area contributed by atoms with Crippen molar-refractivity contribution in [3.63, 3.8) is 0 Å². The third kappa shape index (κ3) is 5.50. The first-order chi connectivity index (χ1) is 17.1. The number of nitrogens with zero attached hydrogens (tertiary/aromatic N) is 4. The lowest BCUT2D eigenvalue weighted by Gasteiger charge is -2.15. The summed E-state index contributed by atoms with van der Waals surface area (Å²) in [5.41, 5.74) is 7.97. The van der Waals surface area contributed by atoms with Gasteiger partial charge < -0.3 is 20.9 Å². The van der Waals surface area contributed by atoms with E-state index in [1.165, 1.54) is 12.4 Å². The highest BCUT2D eigenvalue weighted by atomic mass is 16.5. The Hall–Kier alpha value is -4.57. The Morgan fingerprint density at radius 1 is 1.11 bits per heavy atom. The zero-order chi connectivity index (χ0) is 24.6. The Labute approximate surface area is 201 Å². The van der Waals surface area contributed by atoms with E-state index < -0.39 is 6.04 Å². The van der Waals surface area contributed by atoms with Crippen LogP contribution in [0.25, 0.3) is 22.3 Å². The van der Waals surface area contributed by atoms with E-state index in [1.54, 1.807) is 10.8 Å². The molecule has 10 heteroatoms. The van der Waals surface area contributed by atoms with Crippen molar-refractivity contribution in [2.45, 2.75) is 12.5 Å². The Kier molecular flexibility index (Phi) is 7.44. The Balaban J connectivity index is 1.70. The maximum absolute atomic E-state index is 11.9. The van der Waals surface area contributed by atoms with Crippen molar-refractivity contribution in [1.29, 1.82) is 0 Å². The highest BCUT2D eigenvalue weighted by Gasteiger charge is 2.21. The number of para-hydroxylation sites is 1. The fraction of sp³-hybridized carbons (Fsp3) is 0.160. The summed E-state index contributed by atoms with van der Waals surface area (Å²) < 4.78 is 7.46. The number of fused-ring (bicyclic) bond motifs is 1. The Bertz CT molecular complexity index is 1340. The average Bonchev–Trinajstić information content (AvgIpc) is 3.26. The largest absolute Gasteiger partial charge is 0.457 e. The predicted molar refractivity (Wildman–Crippen MR) is 131 cm³/mol. The molecule has 0 aliphatic carbocycles. The molecule has 0 aliphatic rings. The van der Waals surface area contributed by atoms with Gasteiger partial charge in [-0.1, -0.05) is 24.3 Å². The van der Waals surface area contributed by atoms with E-state index in [1.807, 2.05) is 54.6 Å². The summed E-state index contributed by atoms with van der Waals surface area (Å²) in [6.07, 6.45) is 4.89. The molecule has 2 aromatic carbocycles. The molecular weight excluding hydrogens is 448 g/mol. The van der Waals surface area contributed by atoms with Gasteiger partial charge in [-0.3, -0.25) is 9.59 Å². The monoisotopic (exact) mass is 472 g/mol. The number of carbonyl (C=O) groups is 2. The third-order valence-electron chi connectivity index (χ3n) is 5.20. The molecule has 1 unspecified atom stereocenters. The van der Waals surface area contributed by atoms with E-state index in [2.05, 4.69) is 15.3 Å². The minimum Gasteiger partial charge on any atom is -0.457 e. The molecule has 178 valence electrons. The summed E-state index contributed by atoms with van der Waals surface area (Å²) in [7, 11) is 0. The lowest BCUT2D eigenvalue weighted by Crippen LogP contribution is -2.31. The summed E-state index contributed by atoms with van der Waals surface area (Å²) in [4.78, 5) is 31.4. The first-order valence-corrected chi connectivity index (χ1v) is 10.9. The van der Waals surface area contributed by atoms with Gasteiger partial charge in [-0.05, 0) is 42.5 Å². The van der Waals surface area contributed by atoms with E-state index in [-0.39, 0.29) is 31.3 Å². The smallest absolute Gasteiger partial charge is 0.222 e. The number of nitrogens with two attached hydrogens (primary N) is 1. The number of nitrogen functional groups attached to an aromatic ring is 1. The van der Waals surface area contributed by atoms with Crippen molar-refractivity contribution in [3.8, 4) is 22.8 Å². The average molecular weight is 473 g/mol. The second kappa shape index (κ2) is 11.0. The highest BCUT2D eigenvalue weighted by Crippen LogP contribution is 2.33. The number of carbonyl (C=O) groups excluding carboxylic acids is 2. The van der Waals surface area contributed by atoms with Gasteiger partial charge in [-0.25, -0.2) is 14.6 Å². The van der Waals surface area contributed by atoms with Crippen LogP contribution in [0.3, 0.4) is 0 Å². The Morgan fingerprint density at radius 3 is 2.57 bits per heavy atom. The van der Waals surface area contributed by atoms with Crippen LogP contribution in [-0.2, 0) is 9.59 Å². The highest BCUT2D eigenvalue weighted by molar-refractivity contribution is 5.98. The zero-order valence-electron chi connectivity index (χ0n) is 18.7. The molecule has 0 spiro atoms. The van der Waals surface area contributed by atoms with Gasteiger partial charge in [-0.2, -0.15) is 5.10 Å². The molecule has 0 bridgehead atoms. The first kappa shape index (κ1) is 23.6. The number of hydrogen-bond donors (Lipinski definition) is 3. The quantitative estimate of drug-likeness (QED) is 0.236. The number of amides is 1. The van der Waals surface area contributed by atoms with Gasteiger partial charge in [0.15, 0.2) is 5.65 Å². The molecule has 1 amide bonds. The number of aliphatic hydroxyl groups excluding tert-OH is 1. The van der Waals surface area contributed by atoms with Gasteiger partial charge in [0.25, 0.3) is 0 Å². The van der Waals surface area contributed by atoms with Crippen molar-refractivity contribution >= 4 is 29.0 Å². The molecule has 0 saturated heterocycles. The van der Waals surface area contributed by atoms with Crippen LogP contribution in [0, 0.1) is 0 Å². The van der Waals surface area contributed by atoms with E-state index in [9.17, 15) is 9.59 Å². The molecule has 0 fully saturated rings. The van der Waals surface area contributed by atoms with Crippen LogP contribution in [0.2, 0.25) is 0 Å². The van der Waals surface area contributed by atoms with Crippen LogP contribution in [0.15, 0.2) is 73.1 Å². The number of rotatable bonds is 10. The van der Waals surface area contributed by atoms with Crippen molar-refractivity contribution < 1.29 is 19.4 Å². The van der Waals surface area contributed by atoms with Crippen LogP contribution >= 0.6 is 0 Å². The van der Waals surface area contributed by atoms with Crippen LogP contribution in [0.5, 0.6) is 11.5 Å². The van der Waals surface area contributed by atoms with Gasteiger partial charge in [-0.15, -0.1) is 0 Å². The van der Waals surface area contributed by atoms with Gasteiger partial charge >= 0.3 is 0 Å². The van der Waals surface area contributed by atoms with Crippen molar-refractivity contribution in [1.82, 2.24) is 25.1 Å². The van der Waals surface area contributed by atoms with Gasteiger partial charge in [0.1, 0.15) is 35.6 Å². The normalized spacial score (nSPS) is 12.0. The van der Waals surface area contributed by atoms with Crippen LogP contribution in [0.1, 0.15) is 12.5 Å². The molecule has 0 saturated carbocycles. The fourth-order valence-corrected chi connectivity index (χ4v) is 3.55. The molecule has 1 atom stereocenters. The molecule has 2 heterocycles. The summed E-state index contributed by atoms with van der Waals surface area (Å²) in [5, 5.41) is 17.0. The lowest BCUT2D eigenvalue weighted by atomic mass is 10.1. The maximum atomic E-state index is 11.9. The van der Waals surface area contributed by atoms with E-state index in [0.717, 1.165) is 11.3 Å². The summed E-state index contributed by atoms with van der Waals surface area (Å²) in [6, 6.07) is 16.3. The van der Waals surface area contributed by atoms with Crippen LogP contribution < -0.4 is 15.8 Å². The van der Waals surface area contributed by atoms with Crippen LogP contribution in [0.4, 0.5) is 5.82 Å². The van der Waals surface area contributed by atoms with Gasteiger partial charge in [0, 0.05) is 18.5 Å².